The molecule has 1 aliphatic rings. The minimum absolute atomic E-state index is 0.238. The summed E-state index contributed by atoms with van der Waals surface area (Å²) in [7, 11) is 0. The van der Waals surface area contributed by atoms with Crippen LogP contribution in [-0.2, 0) is 20.7 Å². The minimum Gasteiger partial charge on any atom is -0.504 e. The zero-order valence-corrected chi connectivity index (χ0v) is 13.0. The topological polar surface area (TPSA) is 177 Å². The molecule has 0 aliphatic carbocycles. The second kappa shape index (κ2) is 7.95. The molecule has 0 aromatic heterocycles. The molecule has 0 radical (unpaired) electrons. The normalized spacial score (nSPS) is 30.8. The number of hydrogen-bond acceptors (Lipinski definition) is 9. The zero-order chi connectivity index (χ0) is 18.7. The van der Waals surface area contributed by atoms with Gasteiger partial charge in [-0.2, -0.15) is 0 Å². The molecular weight excluding hydrogens is 340 g/mol. The van der Waals surface area contributed by atoms with E-state index in [1.54, 1.807) is 0 Å². The van der Waals surface area contributed by atoms with Gasteiger partial charge in [0.05, 0.1) is 6.61 Å². The molecule has 10 nitrogen and oxygen atoms in total. The summed E-state index contributed by atoms with van der Waals surface area (Å²) in [4.78, 5) is 11.4. The van der Waals surface area contributed by atoms with Crippen molar-refractivity contribution in [1.29, 1.82) is 0 Å². The Kier molecular flexibility index (Phi) is 6.16. The number of aliphatic hydroxyl groups is 4. The third kappa shape index (κ3) is 4.37. The highest BCUT2D eigenvalue weighted by molar-refractivity contribution is 5.72. The first-order valence-electron chi connectivity index (χ1n) is 7.44. The van der Waals surface area contributed by atoms with Crippen molar-refractivity contribution in [3.8, 4) is 11.5 Å². The van der Waals surface area contributed by atoms with E-state index >= 15 is 0 Å². The van der Waals surface area contributed by atoms with Gasteiger partial charge in [0.25, 0.3) is 0 Å². The molecule has 0 amide bonds. The third-order valence-corrected chi connectivity index (χ3v) is 3.88. The zero-order valence-electron chi connectivity index (χ0n) is 13.0. The minimum atomic E-state index is -1.73. The number of aliphatic carboxylic acids is 1. The van der Waals surface area contributed by atoms with E-state index in [1.807, 2.05) is 0 Å². The molecule has 0 saturated carbocycles. The van der Waals surface area contributed by atoms with Gasteiger partial charge in [0.15, 0.2) is 23.9 Å². The van der Waals surface area contributed by atoms with Gasteiger partial charge in [0.1, 0.15) is 24.4 Å². The van der Waals surface area contributed by atoms with Crippen molar-refractivity contribution >= 4 is 5.97 Å². The molecule has 2 rings (SSSR count). The van der Waals surface area contributed by atoms with Gasteiger partial charge in [0.2, 0.25) is 0 Å². The molecule has 25 heavy (non-hydrogen) atoms. The molecule has 0 bridgehead atoms. The van der Waals surface area contributed by atoms with Gasteiger partial charge < -0.3 is 45.2 Å². The van der Waals surface area contributed by atoms with Crippen molar-refractivity contribution in [2.24, 2.45) is 0 Å². The molecule has 140 valence electrons. The average molecular weight is 360 g/mol. The lowest BCUT2D eigenvalue weighted by molar-refractivity contribution is -0.309. The maximum absolute atomic E-state index is 11.4. The Morgan fingerprint density at radius 3 is 2.36 bits per heavy atom. The molecule has 10 heteroatoms. The van der Waals surface area contributed by atoms with E-state index in [0.29, 0.717) is 5.56 Å². The van der Waals surface area contributed by atoms with Crippen molar-refractivity contribution < 1.29 is 50.0 Å². The summed E-state index contributed by atoms with van der Waals surface area (Å²) in [5.74, 6) is -2.20. The van der Waals surface area contributed by atoms with E-state index in [4.69, 9.17) is 14.6 Å². The number of phenolic OH excluding ortho intramolecular Hbond substituents is 2. The van der Waals surface area contributed by atoms with Gasteiger partial charge >= 0.3 is 5.97 Å². The van der Waals surface area contributed by atoms with Gasteiger partial charge in [-0.15, -0.1) is 0 Å². The second-order valence-electron chi connectivity index (χ2n) is 5.69. The Hall–Kier alpha value is -1.95. The second-order valence-corrected chi connectivity index (χ2v) is 5.69. The van der Waals surface area contributed by atoms with E-state index in [-0.39, 0.29) is 12.2 Å². The number of carboxylic acids is 1. The first-order valence-corrected chi connectivity index (χ1v) is 7.44. The van der Waals surface area contributed by atoms with Gasteiger partial charge in [-0.05, 0) is 17.7 Å². The Labute approximate surface area is 142 Å². The Balaban J connectivity index is 2.12. The Bertz CT molecular complexity index is 604. The molecule has 1 aliphatic heterocycles. The Morgan fingerprint density at radius 1 is 1.12 bits per heavy atom. The molecule has 1 saturated heterocycles. The maximum atomic E-state index is 11.4. The molecule has 6 unspecified atom stereocenters. The highest BCUT2D eigenvalue weighted by Crippen LogP contribution is 2.27. The SMILES string of the molecule is O=C(O)C(Cc1ccc(O)c(O)c1)OC1OC(CO)C(O)C(O)C1O. The standard InChI is InChI=1S/C15H20O10/c16-5-10-11(19)12(20)13(21)15(25-10)24-9(14(22)23)4-6-1-2-7(17)8(18)3-6/h1-3,9-13,15-21H,4-5H2,(H,22,23). The van der Waals surface area contributed by atoms with E-state index in [9.17, 15) is 35.4 Å². The lowest BCUT2D eigenvalue weighted by Crippen LogP contribution is -2.60. The van der Waals surface area contributed by atoms with Crippen molar-refractivity contribution in [3.05, 3.63) is 23.8 Å². The van der Waals surface area contributed by atoms with Crippen molar-refractivity contribution in [3.63, 3.8) is 0 Å². The van der Waals surface area contributed by atoms with Crippen LogP contribution in [0.2, 0.25) is 0 Å². The third-order valence-electron chi connectivity index (χ3n) is 3.88. The van der Waals surface area contributed by atoms with Crippen LogP contribution in [0.5, 0.6) is 11.5 Å². The number of phenols is 2. The number of aromatic hydroxyl groups is 2. The molecule has 0 spiro atoms. The van der Waals surface area contributed by atoms with E-state index in [2.05, 4.69) is 0 Å². The van der Waals surface area contributed by atoms with Crippen molar-refractivity contribution in [1.82, 2.24) is 0 Å². The number of ether oxygens (including phenoxy) is 2. The number of carbonyl (C=O) groups is 1. The van der Waals surface area contributed by atoms with Gasteiger partial charge in [-0.25, -0.2) is 4.79 Å². The predicted molar refractivity (Wildman–Crippen MR) is 79.8 cm³/mol. The number of hydrogen-bond donors (Lipinski definition) is 7. The van der Waals surface area contributed by atoms with Crippen LogP contribution < -0.4 is 0 Å². The molecule has 1 heterocycles. The maximum Gasteiger partial charge on any atom is 0.333 e. The summed E-state index contributed by atoms with van der Waals surface area (Å²) < 4.78 is 10.3. The fraction of sp³-hybridized carbons (Fsp3) is 0.533. The summed E-state index contributed by atoms with van der Waals surface area (Å²) >= 11 is 0. The van der Waals surface area contributed by atoms with Crippen LogP contribution in [0.3, 0.4) is 0 Å². The monoisotopic (exact) mass is 360 g/mol. The molecule has 6 atom stereocenters. The molecular formula is C15H20O10. The number of carboxylic acid groups (broad SMARTS) is 1. The highest BCUT2D eigenvalue weighted by atomic mass is 16.7. The molecule has 7 N–H and O–H groups in total. The number of rotatable bonds is 6. The van der Waals surface area contributed by atoms with Gasteiger partial charge in [0, 0.05) is 6.42 Å². The first-order chi connectivity index (χ1) is 11.7. The van der Waals surface area contributed by atoms with Crippen LogP contribution in [0.15, 0.2) is 18.2 Å². The fourth-order valence-corrected chi connectivity index (χ4v) is 2.45. The largest absolute Gasteiger partial charge is 0.504 e. The fourth-order valence-electron chi connectivity index (χ4n) is 2.45. The predicted octanol–water partition coefficient (Wildman–Crippen LogP) is -2.09. The lowest BCUT2D eigenvalue weighted by atomic mass is 9.99. The molecule has 1 aromatic carbocycles. The summed E-state index contributed by atoms with van der Waals surface area (Å²) in [5, 5.41) is 66.4. The summed E-state index contributed by atoms with van der Waals surface area (Å²) in [6.07, 6.45) is -9.59. The van der Waals surface area contributed by atoms with Crippen molar-refractivity contribution in [2.45, 2.75) is 43.2 Å². The van der Waals surface area contributed by atoms with Gasteiger partial charge in [-0.3, -0.25) is 0 Å². The Morgan fingerprint density at radius 2 is 1.80 bits per heavy atom. The molecule has 1 fully saturated rings. The van der Waals surface area contributed by atoms with Crippen LogP contribution in [0.25, 0.3) is 0 Å². The summed E-state index contributed by atoms with van der Waals surface area (Å²) in [6.45, 7) is -0.672. The average Bonchev–Trinajstić information content (AvgIpc) is 2.57. The van der Waals surface area contributed by atoms with Crippen LogP contribution in [-0.4, -0.2) is 85.1 Å². The lowest BCUT2D eigenvalue weighted by Gasteiger charge is -2.40. The molecule has 1 aromatic rings. The van der Waals surface area contributed by atoms with Crippen LogP contribution >= 0.6 is 0 Å². The van der Waals surface area contributed by atoms with E-state index < -0.39 is 55.1 Å². The highest BCUT2D eigenvalue weighted by Gasteiger charge is 2.45. The van der Waals surface area contributed by atoms with Crippen LogP contribution in [0.4, 0.5) is 0 Å². The summed E-state index contributed by atoms with van der Waals surface area (Å²) in [6, 6.07) is 3.71. The van der Waals surface area contributed by atoms with E-state index in [0.717, 1.165) is 6.07 Å². The van der Waals surface area contributed by atoms with Crippen LogP contribution in [0.1, 0.15) is 5.56 Å². The van der Waals surface area contributed by atoms with E-state index in [1.165, 1.54) is 12.1 Å². The number of aliphatic hydroxyl groups excluding tert-OH is 4. The smallest absolute Gasteiger partial charge is 0.333 e. The number of benzene rings is 1. The van der Waals surface area contributed by atoms with Crippen LogP contribution in [0, 0.1) is 0 Å². The van der Waals surface area contributed by atoms with Gasteiger partial charge in [-0.1, -0.05) is 6.07 Å². The quantitative estimate of drug-likeness (QED) is 0.278. The van der Waals surface area contributed by atoms with Crippen molar-refractivity contribution in [2.75, 3.05) is 6.61 Å². The summed E-state index contributed by atoms with van der Waals surface area (Å²) in [5.41, 5.74) is 0.326. The first kappa shape index (κ1) is 19.4.